The van der Waals surface area contributed by atoms with Crippen LogP contribution in [0.4, 0.5) is 5.82 Å². The maximum atomic E-state index is 4.64. The molecule has 2 heterocycles. The van der Waals surface area contributed by atoms with E-state index in [0.29, 0.717) is 5.41 Å². The number of likely N-dealkylation sites (tertiary alicyclic amines) is 1. The highest BCUT2D eigenvalue weighted by Crippen LogP contribution is 2.46. The largest absolute Gasteiger partial charge is 0.370 e. The van der Waals surface area contributed by atoms with Crippen LogP contribution in [0.15, 0.2) is 6.07 Å². The third-order valence-electron chi connectivity index (χ3n) is 5.20. The average Bonchev–Trinajstić information content (AvgIpc) is 2.90. The Morgan fingerprint density at radius 1 is 1.14 bits per heavy atom. The predicted molar refractivity (Wildman–Crippen MR) is 86.3 cm³/mol. The summed E-state index contributed by atoms with van der Waals surface area (Å²) in [6.45, 7) is 8.39. The number of hydrogen-bond acceptors (Lipinski definition) is 4. The number of nitrogens with zero attached hydrogens (tertiary/aromatic N) is 3. The van der Waals surface area contributed by atoms with Crippen molar-refractivity contribution in [3.05, 3.63) is 17.6 Å². The minimum atomic E-state index is 0.693. The Balaban J connectivity index is 1.60. The zero-order chi connectivity index (χ0) is 14.7. The number of hydrogen-bond donors (Lipinski definition) is 1. The molecule has 2 fully saturated rings. The molecule has 1 aliphatic carbocycles. The quantitative estimate of drug-likeness (QED) is 0.922. The van der Waals surface area contributed by atoms with Crippen molar-refractivity contribution in [2.75, 3.05) is 25.0 Å². The standard InChI is InChI=1S/C17H28N4/c1-3-18-15-12-14(2)19-16(20-15)13-21-10-8-17(9-11-21)6-4-5-7-17/h12H,3-11,13H2,1-2H3,(H,18,19,20). The zero-order valence-corrected chi connectivity index (χ0v) is 13.5. The first-order valence-corrected chi connectivity index (χ1v) is 8.50. The molecule has 0 aromatic carbocycles. The van der Waals surface area contributed by atoms with Crippen molar-refractivity contribution >= 4 is 5.82 Å². The van der Waals surface area contributed by atoms with E-state index >= 15 is 0 Å². The Hall–Kier alpha value is -1.16. The van der Waals surface area contributed by atoms with Crippen molar-refractivity contribution in [1.29, 1.82) is 0 Å². The number of anilines is 1. The molecular weight excluding hydrogens is 260 g/mol. The van der Waals surface area contributed by atoms with Gasteiger partial charge in [-0.3, -0.25) is 4.90 Å². The lowest BCUT2D eigenvalue weighted by molar-refractivity contribution is 0.102. The first-order valence-electron chi connectivity index (χ1n) is 8.50. The first-order chi connectivity index (χ1) is 10.2. The summed E-state index contributed by atoms with van der Waals surface area (Å²) in [7, 11) is 0. The highest BCUT2D eigenvalue weighted by molar-refractivity contribution is 5.35. The molecule has 0 unspecified atom stereocenters. The van der Waals surface area contributed by atoms with Gasteiger partial charge in [0.2, 0.25) is 0 Å². The molecule has 21 heavy (non-hydrogen) atoms. The van der Waals surface area contributed by atoms with Crippen molar-refractivity contribution in [2.24, 2.45) is 5.41 Å². The lowest BCUT2D eigenvalue weighted by atomic mass is 9.77. The third kappa shape index (κ3) is 3.54. The molecule has 1 saturated carbocycles. The molecule has 4 heteroatoms. The van der Waals surface area contributed by atoms with Crippen LogP contribution in [-0.2, 0) is 6.54 Å². The number of aromatic nitrogens is 2. The molecule has 0 atom stereocenters. The lowest BCUT2D eigenvalue weighted by Gasteiger charge is -2.39. The highest BCUT2D eigenvalue weighted by atomic mass is 15.2. The van der Waals surface area contributed by atoms with Gasteiger partial charge in [0.25, 0.3) is 0 Å². The SMILES string of the molecule is CCNc1cc(C)nc(CN2CCC3(CCCC3)CC2)n1. The smallest absolute Gasteiger partial charge is 0.144 e. The molecule has 4 nitrogen and oxygen atoms in total. The highest BCUT2D eigenvalue weighted by Gasteiger charge is 2.36. The van der Waals surface area contributed by atoms with Crippen molar-refractivity contribution in [3.63, 3.8) is 0 Å². The second-order valence-electron chi connectivity index (χ2n) is 6.82. The van der Waals surface area contributed by atoms with Gasteiger partial charge >= 0.3 is 0 Å². The van der Waals surface area contributed by atoms with Gasteiger partial charge in [-0.25, -0.2) is 9.97 Å². The van der Waals surface area contributed by atoms with Gasteiger partial charge in [0.05, 0.1) is 6.54 Å². The molecule has 3 rings (SSSR count). The van der Waals surface area contributed by atoms with Gasteiger partial charge in [-0.2, -0.15) is 0 Å². The molecule has 0 radical (unpaired) electrons. The zero-order valence-electron chi connectivity index (χ0n) is 13.5. The number of nitrogens with one attached hydrogen (secondary N) is 1. The summed E-state index contributed by atoms with van der Waals surface area (Å²) in [5, 5.41) is 3.30. The molecule has 1 aromatic heterocycles. The van der Waals surface area contributed by atoms with Gasteiger partial charge in [0.1, 0.15) is 11.6 Å². The lowest BCUT2D eigenvalue weighted by Crippen LogP contribution is -2.38. The van der Waals surface area contributed by atoms with Crippen LogP contribution < -0.4 is 5.32 Å². The Morgan fingerprint density at radius 2 is 1.86 bits per heavy atom. The maximum absolute atomic E-state index is 4.64. The van der Waals surface area contributed by atoms with E-state index in [4.69, 9.17) is 0 Å². The average molecular weight is 288 g/mol. The summed E-state index contributed by atoms with van der Waals surface area (Å²) in [4.78, 5) is 11.8. The molecule has 1 N–H and O–H groups in total. The minimum Gasteiger partial charge on any atom is -0.370 e. The van der Waals surface area contributed by atoms with E-state index in [9.17, 15) is 0 Å². The Kier molecular flexibility index (Phi) is 4.43. The maximum Gasteiger partial charge on any atom is 0.144 e. The van der Waals surface area contributed by atoms with E-state index in [1.54, 1.807) is 0 Å². The Labute approximate surface area is 128 Å². The van der Waals surface area contributed by atoms with Crippen LogP contribution in [0.2, 0.25) is 0 Å². The Bertz CT molecular complexity index is 470. The van der Waals surface area contributed by atoms with E-state index in [-0.39, 0.29) is 0 Å². The molecule has 0 bridgehead atoms. The summed E-state index contributed by atoms with van der Waals surface area (Å²) < 4.78 is 0. The van der Waals surface area contributed by atoms with Gasteiger partial charge in [-0.1, -0.05) is 12.8 Å². The third-order valence-corrected chi connectivity index (χ3v) is 5.20. The van der Waals surface area contributed by atoms with Crippen molar-refractivity contribution in [3.8, 4) is 0 Å². The Morgan fingerprint density at radius 3 is 2.52 bits per heavy atom. The van der Waals surface area contributed by atoms with Crippen LogP contribution in [0.5, 0.6) is 0 Å². The summed E-state index contributed by atoms with van der Waals surface area (Å²) in [6.07, 6.45) is 8.58. The summed E-state index contributed by atoms with van der Waals surface area (Å²) in [5.41, 5.74) is 1.75. The number of piperidine rings is 1. The normalized spacial score (nSPS) is 21.8. The molecule has 116 valence electrons. The van der Waals surface area contributed by atoms with Gasteiger partial charge in [0.15, 0.2) is 0 Å². The van der Waals surface area contributed by atoms with Crippen LogP contribution in [0.25, 0.3) is 0 Å². The fourth-order valence-electron chi connectivity index (χ4n) is 3.98. The fraction of sp³-hybridized carbons (Fsp3) is 0.765. The monoisotopic (exact) mass is 288 g/mol. The van der Waals surface area contributed by atoms with Gasteiger partial charge in [0, 0.05) is 18.3 Å². The van der Waals surface area contributed by atoms with Crippen LogP contribution in [0, 0.1) is 12.3 Å². The summed E-state index contributed by atoms with van der Waals surface area (Å²) >= 11 is 0. The van der Waals surface area contributed by atoms with Crippen molar-refractivity contribution in [2.45, 2.75) is 58.9 Å². The van der Waals surface area contributed by atoms with E-state index in [1.165, 1.54) is 51.6 Å². The van der Waals surface area contributed by atoms with E-state index in [0.717, 1.165) is 30.4 Å². The topological polar surface area (TPSA) is 41.1 Å². The number of rotatable bonds is 4. The molecule has 1 saturated heterocycles. The van der Waals surface area contributed by atoms with Crippen molar-refractivity contribution < 1.29 is 0 Å². The van der Waals surface area contributed by atoms with Crippen molar-refractivity contribution in [1.82, 2.24) is 14.9 Å². The van der Waals surface area contributed by atoms with E-state index in [1.807, 2.05) is 6.07 Å². The van der Waals surface area contributed by atoms with Crippen LogP contribution in [-0.4, -0.2) is 34.5 Å². The summed E-state index contributed by atoms with van der Waals surface area (Å²) in [6, 6.07) is 2.02. The fourth-order valence-corrected chi connectivity index (χ4v) is 3.98. The minimum absolute atomic E-state index is 0.693. The van der Waals surface area contributed by atoms with E-state index in [2.05, 4.69) is 34.0 Å². The first kappa shape index (κ1) is 14.8. The van der Waals surface area contributed by atoms with Gasteiger partial charge in [-0.15, -0.1) is 0 Å². The second-order valence-corrected chi connectivity index (χ2v) is 6.82. The molecule has 2 aliphatic rings. The number of aryl methyl sites for hydroxylation is 1. The second kappa shape index (κ2) is 6.30. The van der Waals surface area contributed by atoms with Gasteiger partial charge < -0.3 is 5.32 Å². The van der Waals surface area contributed by atoms with Gasteiger partial charge in [-0.05, 0) is 58.0 Å². The summed E-state index contributed by atoms with van der Waals surface area (Å²) in [5.74, 6) is 1.93. The molecule has 1 aliphatic heterocycles. The van der Waals surface area contributed by atoms with Crippen LogP contribution in [0.3, 0.4) is 0 Å². The molecule has 1 aromatic rings. The van der Waals surface area contributed by atoms with Crippen LogP contribution in [0.1, 0.15) is 57.0 Å². The molecule has 1 spiro atoms. The predicted octanol–water partition coefficient (Wildman–Crippen LogP) is 3.37. The van der Waals surface area contributed by atoms with Crippen LogP contribution >= 0.6 is 0 Å². The molecule has 0 amide bonds. The molecular formula is C17H28N4. The van der Waals surface area contributed by atoms with E-state index < -0.39 is 0 Å².